The molecule has 0 amide bonds. The van der Waals surface area contributed by atoms with E-state index >= 15 is 0 Å². The third kappa shape index (κ3) is 3.86. The molecular formula is C15H19N3O2S. The molecule has 0 saturated carbocycles. The van der Waals surface area contributed by atoms with Crippen molar-refractivity contribution in [1.29, 1.82) is 0 Å². The van der Waals surface area contributed by atoms with Gasteiger partial charge in [-0.1, -0.05) is 19.1 Å². The minimum Gasteiger partial charge on any atom is -0.304 e. The first-order valence-electron chi connectivity index (χ1n) is 6.93. The van der Waals surface area contributed by atoms with Crippen LogP contribution < -0.4 is 5.32 Å². The fourth-order valence-corrected chi connectivity index (χ4v) is 2.89. The van der Waals surface area contributed by atoms with E-state index in [9.17, 15) is 10.1 Å². The third-order valence-electron chi connectivity index (χ3n) is 3.37. The van der Waals surface area contributed by atoms with E-state index in [2.05, 4.69) is 24.1 Å². The van der Waals surface area contributed by atoms with Crippen LogP contribution in [0.25, 0.3) is 0 Å². The van der Waals surface area contributed by atoms with E-state index < -0.39 is 0 Å². The first kappa shape index (κ1) is 15.6. The number of nitrogens with zero attached hydrogens (tertiary/aromatic N) is 2. The molecule has 21 heavy (non-hydrogen) atoms. The lowest BCUT2D eigenvalue weighted by Crippen LogP contribution is -2.18. The predicted molar refractivity (Wildman–Crippen MR) is 84.6 cm³/mol. The quantitative estimate of drug-likeness (QED) is 0.651. The molecule has 0 aliphatic heterocycles. The number of hydrogen-bond donors (Lipinski definition) is 1. The average molecular weight is 305 g/mol. The van der Waals surface area contributed by atoms with Crippen molar-refractivity contribution in [2.24, 2.45) is 0 Å². The number of benzene rings is 1. The second kappa shape index (κ2) is 6.78. The van der Waals surface area contributed by atoms with Gasteiger partial charge >= 0.3 is 0 Å². The van der Waals surface area contributed by atoms with Gasteiger partial charge in [-0.25, -0.2) is 4.98 Å². The maximum atomic E-state index is 10.9. The predicted octanol–water partition coefficient (Wildman–Crippen LogP) is 3.77. The molecule has 112 valence electrons. The van der Waals surface area contributed by atoms with Crippen molar-refractivity contribution in [3.63, 3.8) is 0 Å². The number of nitro groups is 1. The number of rotatable bonds is 6. The topological polar surface area (TPSA) is 68.1 Å². The summed E-state index contributed by atoms with van der Waals surface area (Å²) in [6.45, 7) is 6.50. The van der Waals surface area contributed by atoms with Gasteiger partial charge in [-0.15, -0.1) is 11.3 Å². The Bertz CT molecular complexity index is 640. The molecule has 1 aromatic carbocycles. The smallest absolute Gasteiger partial charge is 0.272 e. The highest BCUT2D eigenvalue weighted by molar-refractivity contribution is 7.11. The zero-order chi connectivity index (χ0) is 15.4. The van der Waals surface area contributed by atoms with E-state index in [4.69, 9.17) is 0 Å². The standard InChI is InChI=1S/C15H19N3O2S/c1-4-13-9-17-15(21-13)11(3)16-8-12-6-5-10(2)14(7-12)18(19)20/h5-7,9,11,16H,4,8H2,1-3H3. The van der Waals surface area contributed by atoms with E-state index in [-0.39, 0.29) is 16.7 Å². The van der Waals surface area contributed by atoms with E-state index in [1.165, 1.54) is 4.88 Å². The summed E-state index contributed by atoms with van der Waals surface area (Å²) in [5.74, 6) is 0. The van der Waals surface area contributed by atoms with Crippen LogP contribution in [0.2, 0.25) is 0 Å². The van der Waals surface area contributed by atoms with Crippen molar-refractivity contribution in [3.05, 3.63) is 55.5 Å². The molecule has 0 radical (unpaired) electrons. The lowest BCUT2D eigenvalue weighted by molar-refractivity contribution is -0.385. The second-order valence-corrected chi connectivity index (χ2v) is 6.15. The molecule has 1 heterocycles. The van der Waals surface area contributed by atoms with Crippen LogP contribution in [0.3, 0.4) is 0 Å². The Labute approximate surface area is 128 Å². The monoisotopic (exact) mass is 305 g/mol. The summed E-state index contributed by atoms with van der Waals surface area (Å²) in [7, 11) is 0. The molecule has 5 nitrogen and oxygen atoms in total. The van der Waals surface area contributed by atoms with Crippen molar-refractivity contribution < 1.29 is 4.92 Å². The first-order valence-corrected chi connectivity index (χ1v) is 7.74. The van der Waals surface area contributed by atoms with Gasteiger partial charge in [-0.05, 0) is 25.8 Å². The SMILES string of the molecule is CCc1cnc(C(C)NCc2ccc(C)c([N+](=O)[O-])c2)s1. The fraction of sp³-hybridized carbons (Fsp3) is 0.400. The normalized spacial score (nSPS) is 12.3. The van der Waals surface area contributed by atoms with Crippen molar-refractivity contribution in [1.82, 2.24) is 10.3 Å². The minimum atomic E-state index is -0.337. The molecule has 6 heteroatoms. The molecule has 1 aromatic heterocycles. The fourth-order valence-electron chi connectivity index (χ4n) is 2.01. The van der Waals surface area contributed by atoms with Crippen LogP contribution in [-0.2, 0) is 13.0 Å². The highest BCUT2D eigenvalue weighted by atomic mass is 32.1. The molecule has 0 bridgehead atoms. The van der Waals surface area contributed by atoms with Crippen LogP contribution in [0.1, 0.15) is 40.9 Å². The zero-order valence-electron chi connectivity index (χ0n) is 12.4. The molecule has 1 unspecified atom stereocenters. The summed E-state index contributed by atoms with van der Waals surface area (Å²) in [6.07, 6.45) is 2.91. The Morgan fingerprint density at radius 1 is 1.48 bits per heavy atom. The summed E-state index contributed by atoms with van der Waals surface area (Å²) < 4.78 is 0. The van der Waals surface area contributed by atoms with Crippen molar-refractivity contribution in [2.45, 2.75) is 39.8 Å². The Kier molecular flexibility index (Phi) is 5.03. The van der Waals surface area contributed by atoms with Crippen molar-refractivity contribution in [3.8, 4) is 0 Å². The highest BCUT2D eigenvalue weighted by Gasteiger charge is 2.13. The number of nitrogens with one attached hydrogen (secondary N) is 1. The summed E-state index contributed by atoms with van der Waals surface area (Å²) in [5, 5.41) is 15.4. The van der Waals surface area contributed by atoms with Gasteiger partial charge in [0.25, 0.3) is 5.69 Å². The van der Waals surface area contributed by atoms with Crippen LogP contribution in [-0.4, -0.2) is 9.91 Å². The summed E-state index contributed by atoms with van der Waals surface area (Å²) in [5.41, 5.74) is 1.76. The van der Waals surface area contributed by atoms with Gasteiger partial charge in [-0.3, -0.25) is 10.1 Å². The van der Waals surface area contributed by atoms with Crippen LogP contribution in [0.15, 0.2) is 24.4 Å². The van der Waals surface area contributed by atoms with Gasteiger partial charge in [0.05, 0.1) is 11.0 Å². The van der Waals surface area contributed by atoms with Crippen molar-refractivity contribution in [2.75, 3.05) is 0 Å². The van der Waals surface area contributed by atoms with E-state index in [1.807, 2.05) is 12.3 Å². The molecular weight excluding hydrogens is 286 g/mol. The van der Waals surface area contributed by atoms with Crippen molar-refractivity contribution >= 4 is 17.0 Å². The summed E-state index contributed by atoms with van der Waals surface area (Å²) >= 11 is 1.70. The number of aryl methyl sites for hydroxylation is 2. The molecule has 0 fully saturated rings. The number of aromatic nitrogens is 1. The Balaban J connectivity index is 2.02. The Hall–Kier alpha value is -1.79. The summed E-state index contributed by atoms with van der Waals surface area (Å²) in [6, 6.07) is 5.48. The van der Waals surface area contributed by atoms with E-state index in [1.54, 1.807) is 30.4 Å². The van der Waals surface area contributed by atoms with Crippen LogP contribution in [0.4, 0.5) is 5.69 Å². The van der Waals surface area contributed by atoms with Gasteiger partial charge in [-0.2, -0.15) is 0 Å². The third-order valence-corrected chi connectivity index (χ3v) is 4.70. The number of hydrogen-bond acceptors (Lipinski definition) is 5. The van der Waals surface area contributed by atoms with Gasteiger partial charge < -0.3 is 5.32 Å². The minimum absolute atomic E-state index is 0.135. The molecule has 1 N–H and O–H groups in total. The van der Waals surface area contributed by atoms with Crippen LogP contribution >= 0.6 is 11.3 Å². The van der Waals surface area contributed by atoms with Crippen LogP contribution in [0.5, 0.6) is 0 Å². The van der Waals surface area contributed by atoms with E-state index in [0.29, 0.717) is 12.1 Å². The Morgan fingerprint density at radius 3 is 2.86 bits per heavy atom. The molecule has 0 aliphatic rings. The highest BCUT2D eigenvalue weighted by Crippen LogP contribution is 2.22. The summed E-state index contributed by atoms with van der Waals surface area (Å²) in [4.78, 5) is 16.3. The molecule has 0 spiro atoms. The molecule has 0 saturated heterocycles. The number of nitro benzene ring substituents is 1. The molecule has 1 atom stereocenters. The largest absolute Gasteiger partial charge is 0.304 e. The van der Waals surface area contributed by atoms with E-state index in [0.717, 1.165) is 17.0 Å². The second-order valence-electron chi connectivity index (χ2n) is 5.00. The molecule has 0 aliphatic carbocycles. The van der Waals surface area contributed by atoms with Crippen LogP contribution in [0, 0.1) is 17.0 Å². The molecule has 2 rings (SSSR count). The molecule has 2 aromatic rings. The lowest BCUT2D eigenvalue weighted by Gasteiger charge is -2.11. The number of thiazole rings is 1. The Morgan fingerprint density at radius 2 is 2.24 bits per heavy atom. The van der Waals surface area contributed by atoms with Gasteiger partial charge in [0.2, 0.25) is 0 Å². The van der Waals surface area contributed by atoms with Gasteiger partial charge in [0.15, 0.2) is 0 Å². The zero-order valence-corrected chi connectivity index (χ0v) is 13.2. The first-order chi connectivity index (χ1) is 10.0. The average Bonchev–Trinajstić information content (AvgIpc) is 2.94. The van der Waals surface area contributed by atoms with Gasteiger partial charge in [0.1, 0.15) is 5.01 Å². The lowest BCUT2D eigenvalue weighted by atomic mass is 10.1. The maximum Gasteiger partial charge on any atom is 0.272 e. The maximum absolute atomic E-state index is 10.9. The van der Waals surface area contributed by atoms with Gasteiger partial charge in [0, 0.05) is 29.2 Å².